The molecule has 1 N–H and O–H groups in total. The fourth-order valence-corrected chi connectivity index (χ4v) is 3.70. The van der Waals surface area contributed by atoms with Gasteiger partial charge in [-0.25, -0.2) is 0 Å². The number of nitrogens with one attached hydrogen (secondary N) is 1. The highest BCUT2D eigenvalue weighted by atomic mass is 16.5. The van der Waals surface area contributed by atoms with Crippen LogP contribution in [0.3, 0.4) is 0 Å². The summed E-state index contributed by atoms with van der Waals surface area (Å²) in [5.74, 6) is 0.691. The van der Waals surface area contributed by atoms with Gasteiger partial charge in [0, 0.05) is 36.3 Å². The maximum atomic E-state index is 5.70. The second-order valence-corrected chi connectivity index (χ2v) is 5.27. The maximum absolute atomic E-state index is 5.70. The molecule has 3 nitrogen and oxygen atoms in total. The number of hydrogen-bond donors (Lipinski definition) is 1. The Kier molecular flexibility index (Phi) is 2.17. The van der Waals surface area contributed by atoms with Crippen molar-refractivity contribution < 1.29 is 4.74 Å². The third-order valence-electron chi connectivity index (χ3n) is 4.42. The van der Waals surface area contributed by atoms with Crippen molar-refractivity contribution in [1.29, 1.82) is 0 Å². The van der Waals surface area contributed by atoms with Crippen molar-refractivity contribution in [2.45, 2.75) is 25.0 Å². The Balaban J connectivity index is 1.87. The zero-order valence-corrected chi connectivity index (χ0v) is 9.98. The van der Waals surface area contributed by atoms with Crippen molar-refractivity contribution >= 4 is 5.69 Å². The van der Waals surface area contributed by atoms with E-state index in [-0.39, 0.29) is 0 Å². The summed E-state index contributed by atoms with van der Waals surface area (Å²) in [6, 6.07) is 7.43. The largest absolute Gasteiger partial charge is 0.375 e. The molecular formula is C14H18N2O. The van der Waals surface area contributed by atoms with Gasteiger partial charge >= 0.3 is 0 Å². The van der Waals surface area contributed by atoms with Crippen LogP contribution in [0.15, 0.2) is 18.2 Å². The van der Waals surface area contributed by atoms with E-state index in [0.29, 0.717) is 12.0 Å². The standard InChI is InChI=1S/C14H18N2O/c1-2-10-9-17-7-6-16-13-4-5-15-8-12(13)11(3-1)14(10)16/h1-3,12-13,15H,4-9H2/t12-,13-/m0/s1. The van der Waals surface area contributed by atoms with Gasteiger partial charge in [-0.05, 0) is 18.5 Å². The average molecular weight is 230 g/mol. The second-order valence-electron chi connectivity index (χ2n) is 5.27. The van der Waals surface area contributed by atoms with Gasteiger partial charge in [-0.15, -0.1) is 0 Å². The lowest BCUT2D eigenvalue weighted by Gasteiger charge is -2.33. The summed E-state index contributed by atoms with van der Waals surface area (Å²) >= 11 is 0. The SMILES string of the molecule is c1cc2c3c(c1)[C@@H]1CNCC[C@@H]1N3CCOC2. The number of piperidine rings is 1. The van der Waals surface area contributed by atoms with E-state index >= 15 is 0 Å². The summed E-state index contributed by atoms with van der Waals surface area (Å²) in [5, 5.41) is 3.54. The molecule has 1 aromatic rings. The fourth-order valence-electron chi connectivity index (χ4n) is 3.70. The lowest BCUT2D eigenvalue weighted by atomic mass is 9.90. The molecule has 90 valence electrons. The summed E-state index contributed by atoms with van der Waals surface area (Å²) in [6.07, 6.45) is 1.26. The average Bonchev–Trinajstić information content (AvgIpc) is 2.56. The van der Waals surface area contributed by atoms with Crippen LogP contribution in [0.4, 0.5) is 5.69 Å². The lowest BCUT2D eigenvalue weighted by molar-refractivity contribution is 0.130. The van der Waals surface area contributed by atoms with E-state index in [2.05, 4.69) is 28.4 Å². The number of ether oxygens (including phenoxy) is 1. The Morgan fingerprint density at radius 1 is 1.35 bits per heavy atom. The molecule has 1 aromatic carbocycles. The van der Waals surface area contributed by atoms with Crippen molar-refractivity contribution in [3.05, 3.63) is 29.3 Å². The maximum Gasteiger partial charge on any atom is 0.0738 e. The third-order valence-corrected chi connectivity index (χ3v) is 4.42. The minimum absolute atomic E-state index is 0.691. The Bertz CT molecular complexity index is 446. The molecule has 0 amide bonds. The Morgan fingerprint density at radius 3 is 3.35 bits per heavy atom. The highest BCUT2D eigenvalue weighted by molar-refractivity contribution is 5.67. The van der Waals surface area contributed by atoms with Crippen LogP contribution in [0.2, 0.25) is 0 Å². The van der Waals surface area contributed by atoms with Crippen LogP contribution in [0, 0.1) is 0 Å². The number of hydrogen-bond acceptors (Lipinski definition) is 3. The molecule has 4 rings (SSSR count). The smallest absolute Gasteiger partial charge is 0.0738 e. The molecule has 1 fully saturated rings. The van der Waals surface area contributed by atoms with Crippen LogP contribution < -0.4 is 10.2 Å². The van der Waals surface area contributed by atoms with Gasteiger partial charge in [0.2, 0.25) is 0 Å². The Labute approximate surface area is 102 Å². The van der Waals surface area contributed by atoms with Gasteiger partial charge in [0.15, 0.2) is 0 Å². The lowest BCUT2D eigenvalue weighted by Crippen LogP contribution is -2.44. The highest BCUT2D eigenvalue weighted by Gasteiger charge is 2.41. The van der Waals surface area contributed by atoms with Crippen molar-refractivity contribution in [2.75, 3.05) is 31.1 Å². The van der Waals surface area contributed by atoms with Crippen LogP contribution in [-0.2, 0) is 11.3 Å². The van der Waals surface area contributed by atoms with Gasteiger partial charge in [-0.1, -0.05) is 18.2 Å². The first kappa shape index (κ1) is 9.92. The normalized spacial score (nSPS) is 30.7. The monoisotopic (exact) mass is 230 g/mol. The molecule has 0 saturated carbocycles. The number of nitrogens with zero attached hydrogens (tertiary/aromatic N) is 1. The van der Waals surface area contributed by atoms with E-state index in [9.17, 15) is 0 Å². The topological polar surface area (TPSA) is 24.5 Å². The molecule has 3 heterocycles. The summed E-state index contributed by atoms with van der Waals surface area (Å²) < 4.78 is 5.70. The van der Waals surface area contributed by atoms with Crippen LogP contribution in [-0.4, -0.2) is 32.3 Å². The van der Waals surface area contributed by atoms with Crippen LogP contribution in [0.1, 0.15) is 23.5 Å². The van der Waals surface area contributed by atoms with Gasteiger partial charge in [0.25, 0.3) is 0 Å². The molecule has 0 aromatic heterocycles. The molecule has 3 heteroatoms. The zero-order valence-electron chi connectivity index (χ0n) is 9.98. The fraction of sp³-hybridized carbons (Fsp3) is 0.571. The molecule has 0 unspecified atom stereocenters. The van der Waals surface area contributed by atoms with Crippen LogP contribution in [0.25, 0.3) is 0 Å². The minimum Gasteiger partial charge on any atom is -0.375 e. The Hall–Kier alpha value is -1.06. The molecule has 0 aliphatic carbocycles. The molecule has 1 saturated heterocycles. The summed E-state index contributed by atoms with van der Waals surface area (Å²) in [4.78, 5) is 2.61. The molecule has 17 heavy (non-hydrogen) atoms. The predicted molar refractivity (Wildman–Crippen MR) is 67.5 cm³/mol. The number of benzene rings is 1. The predicted octanol–water partition coefficient (Wildman–Crippen LogP) is 1.48. The van der Waals surface area contributed by atoms with Gasteiger partial charge in [0.05, 0.1) is 13.2 Å². The number of para-hydroxylation sites is 1. The molecule has 0 bridgehead atoms. The molecule has 2 atom stereocenters. The summed E-state index contributed by atoms with van der Waals surface area (Å²) in [7, 11) is 0. The van der Waals surface area contributed by atoms with Crippen LogP contribution >= 0.6 is 0 Å². The molecular weight excluding hydrogens is 212 g/mol. The van der Waals surface area contributed by atoms with Crippen molar-refractivity contribution in [3.63, 3.8) is 0 Å². The summed E-state index contributed by atoms with van der Waals surface area (Å²) in [6.45, 7) is 5.00. The van der Waals surface area contributed by atoms with Gasteiger partial charge < -0.3 is 15.0 Å². The van der Waals surface area contributed by atoms with E-state index in [0.717, 1.165) is 32.8 Å². The molecule has 0 spiro atoms. The Morgan fingerprint density at radius 2 is 2.35 bits per heavy atom. The first-order valence-corrected chi connectivity index (χ1v) is 6.62. The van der Waals surface area contributed by atoms with E-state index in [1.807, 2.05) is 0 Å². The summed E-state index contributed by atoms with van der Waals surface area (Å²) in [5.41, 5.74) is 4.42. The quantitative estimate of drug-likeness (QED) is 0.730. The van der Waals surface area contributed by atoms with Gasteiger partial charge in [-0.2, -0.15) is 0 Å². The molecule has 0 radical (unpaired) electrons. The minimum atomic E-state index is 0.691. The molecule has 3 aliphatic heterocycles. The van der Waals surface area contributed by atoms with Gasteiger partial charge in [-0.3, -0.25) is 0 Å². The number of anilines is 1. The van der Waals surface area contributed by atoms with Gasteiger partial charge in [0.1, 0.15) is 0 Å². The van der Waals surface area contributed by atoms with E-state index in [1.54, 1.807) is 5.56 Å². The van der Waals surface area contributed by atoms with E-state index in [1.165, 1.54) is 17.7 Å². The van der Waals surface area contributed by atoms with Crippen molar-refractivity contribution in [3.8, 4) is 0 Å². The van der Waals surface area contributed by atoms with Crippen molar-refractivity contribution in [2.24, 2.45) is 0 Å². The van der Waals surface area contributed by atoms with E-state index < -0.39 is 0 Å². The third kappa shape index (κ3) is 1.36. The highest BCUT2D eigenvalue weighted by Crippen LogP contribution is 2.45. The first-order valence-electron chi connectivity index (χ1n) is 6.62. The molecule has 3 aliphatic rings. The second kappa shape index (κ2) is 3.72. The van der Waals surface area contributed by atoms with E-state index in [4.69, 9.17) is 4.74 Å². The zero-order chi connectivity index (χ0) is 11.2. The van der Waals surface area contributed by atoms with Crippen molar-refractivity contribution in [1.82, 2.24) is 5.32 Å². The van der Waals surface area contributed by atoms with Crippen LogP contribution in [0.5, 0.6) is 0 Å². The number of fused-ring (bicyclic) bond motifs is 3. The number of rotatable bonds is 0. The first-order chi connectivity index (χ1) is 8.45.